The highest BCUT2D eigenvalue weighted by atomic mass is 32.1. The van der Waals surface area contributed by atoms with E-state index < -0.39 is 0 Å². The normalized spacial score (nSPS) is 10.5. The Balaban J connectivity index is 1.57. The van der Waals surface area contributed by atoms with Gasteiger partial charge < -0.3 is 14.8 Å². The van der Waals surface area contributed by atoms with Crippen molar-refractivity contribution in [1.29, 1.82) is 0 Å². The Morgan fingerprint density at radius 2 is 2.11 bits per heavy atom. The molecule has 0 atom stereocenters. The number of aromatic nitrogens is 1. The van der Waals surface area contributed by atoms with Crippen molar-refractivity contribution in [1.82, 2.24) is 4.98 Å². The average Bonchev–Trinajstić information content (AvgIpc) is 3.10. The molecule has 5 nitrogen and oxygen atoms in total. The van der Waals surface area contributed by atoms with Gasteiger partial charge in [0.1, 0.15) is 17.3 Å². The van der Waals surface area contributed by atoms with Crippen LogP contribution < -0.4 is 14.8 Å². The summed E-state index contributed by atoms with van der Waals surface area (Å²) in [6.07, 6.45) is 0.138. The number of aryl methyl sites for hydroxylation is 1. The van der Waals surface area contributed by atoms with E-state index in [1.807, 2.05) is 30.5 Å². The number of nitrogens with zero attached hydrogens (tertiary/aromatic N) is 1. The summed E-state index contributed by atoms with van der Waals surface area (Å²) in [6.45, 7) is 2.15. The zero-order valence-corrected chi connectivity index (χ0v) is 15.8. The Morgan fingerprint density at radius 1 is 1.26 bits per heavy atom. The van der Waals surface area contributed by atoms with E-state index in [1.54, 1.807) is 19.2 Å². The fourth-order valence-corrected chi connectivity index (χ4v) is 3.20. The van der Waals surface area contributed by atoms with Gasteiger partial charge in [0.15, 0.2) is 5.13 Å². The van der Waals surface area contributed by atoms with Crippen LogP contribution in [0, 0.1) is 12.7 Å². The Labute approximate surface area is 160 Å². The highest BCUT2D eigenvalue weighted by Crippen LogP contribution is 2.33. The van der Waals surface area contributed by atoms with E-state index in [0.29, 0.717) is 10.9 Å². The van der Waals surface area contributed by atoms with Gasteiger partial charge in [0, 0.05) is 17.0 Å². The van der Waals surface area contributed by atoms with Crippen LogP contribution in [0.3, 0.4) is 0 Å². The van der Waals surface area contributed by atoms with E-state index in [4.69, 9.17) is 9.47 Å². The first-order valence-corrected chi connectivity index (χ1v) is 9.22. The van der Waals surface area contributed by atoms with Crippen LogP contribution in [0.1, 0.15) is 12.0 Å². The van der Waals surface area contributed by atoms with Crippen LogP contribution in [0.2, 0.25) is 0 Å². The molecule has 0 saturated carbocycles. The predicted octanol–water partition coefficient (Wildman–Crippen LogP) is 4.67. The number of carbonyl (C=O) groups excluding carboxylic acids is 1. The Kier molecular flexibility index (Phi) is 6.03. The van der Waals surface area contributed by atoms with Crippen molar-refractivity contribution in [2.75, 3.05) is 19.0 Å². The first-order chi connectivity index (χ1) is 13.0. The molecular weight excluding hydrogens is 367 g/mol. The molecule has 0 aliphatic rings. The van der Waals surface area contributed by atoms with E-state index >= 15 is 0 Å². The average molecular weight is 386 g/mol. The maximum Gasteiger partial charge on any atom is 0.229 e. The summed E-state index contributed by atoms with van der Waals surface area (Å²) in [5, 5.41) is 5.13. The minimum atomic E-state index is -0.376. The SMILES string of the molecule is COc1ccc(C)cc1-c1csc(NC(=O)CCOc2cccc(F)c2)n1. The molecule has 1 aromatic heterocycles. The van der Waals surface area contributed by atoms with Crippen molar-refractivity contribution in [3.63, 3.8) is 0 Å². The van der Waals surface area contributed by atoms with E-state index in [1.165, 1.54) is 23.5 Å². The van der Waals surface area contributed by atoms with Gasteiger partial charge in [0.05, 0.1) is 25.8 Å². The standard InChI is InChI=1S/C20H19FN2O3S/c1-13-6-7-18(25-2)16(10-13)17-12-27-20(22-17)23-19(24)8-9-26-15-5-3-4-14(21)11-15/h3-7,10-12H,8-9H2,1-2H3,(H,22,23,24). The third kappa shape index (κ3) is 5.04. The van der Waals surface area contributed by atoms with Gasteiger partial charge in [0.25, 0.3) is 0 Å². The maximum absolute atomic E-state index is 13.1. The number of carbonyl (C=O) groups is 1. The van der Waals surface area contributed by atoms with Gasteiger partial charge in [-0.2, -0.15) is 0 Å². The molecule has 0 radical (unpaired) electrons. The maximum atomic E-state index is 13.1. The summed E-state index contributed by atoms with van der Waals surface area (Å²) in [4.78, 5) is 16.5. The lowest BCUT2D eigenvalue weighted by atomic mass is 10.1. The van der Waals surface area contributed by atoms with E-state index in [0.717, 1.165) is 22.6 Å². The lowest BCUT2D eigenvalue weighted by molar-refractivity contribution is -0.116. The molecule has 0 bridgehead atoms. The summed E-state index contributed by atoms with van der Waals surface area (Å²) in [6, 6.07) is 11.7. The first kappa shape index (κ1) is 18.8. The number of hydrogen-bond donors (Lipinski definition) is 1. The predicted molar refractivity (Wildman–Crippen MR) is 104 cm³/mol. The van der Waals surface area contributed by atoms with Crippen LogP contribution in [-0.4, -0.2) is 24.6 Å². The number of amides is 1. The van der Waals surface area contributed by atoms with E-state index in [-0.39, 0.29) is 24.8 Å². The summed E-state index contributed by atoms with van der Waals surface area (Å²) in [7, 11) is 1.61. The monoisotopic (exact) mass is 386 g/mol. The van der Waals surface area contributed by atoms with Crippen LogP contribution >= 0.6 is 11.3 Å². The molecule has 0 spiro atoms. The van der Waals surface area contributed by atoms with Crippen molar-refractivity contribution in [3.05, 3.63) is 59.2 Å². The van der Waals surface area contributed by atoms with Gasteiger partial charge in [-0.1, -0.05) is 17.7 Å². The number of methoxy groups -OCH3 is 1. The quantitative estimate of drug-likeness (QED) is 0.641. The number of nitrogens with one attached hydrogen (secondary N) is 1. The topological polar surface area (TPSA) is 60.5 Å². The molecule has 0 aliphatic carbocycles. The molecule has 0 fully saturated rings. The van der Waals surface area contributed by atoms with Gasteiger partial charge in [0.2, 0.25) is 5.91 Å². The van der Waals surface area contributed by atoms with Gasteiger partial charge in [-0.05, 0) is 31.2 Å². The fourth-order valence-electron chi connectivity index (χ4n) is 2.48. The van der Waals surface area contributed by atoms with Crippen molar-refractivity contribution in [2.45, 2.75) is 13.3 Å². The number of ether oxygens (including phenoxy) is 2. The first-order valence-electron chi connectivity index (χ1n) is 8.34. The molecule has 140 valence electrons. The van der Waals surface area contributed by atoms with Gasteiger partial charge in [-0.25, -0.2) is 9.37 Å². The van der Waals surface area contributed by atoms with E-state index in [9.17, 15) is 9.18 Å². The molecule has 0 saturated heterocycles. The number of anilines is 1. The van der Waals surface area contributed by atoms with Crippen LogP contribution in [0.5, 0.6) is 11.5 Å². The largest absolute Gasteiger partial charge is 0.496 e. The highest BCUT2D eigenvalue weighted by molar-refractivity contribution is 7.14. The van der Waals surface area contributed by atoms with Gasteiger partial charge in [-0.15, -0.1) is 11.3 Å². The summed E-state index contributed by atoms with van der Waals surface area (Å²) >= 11 is 1.34. The Hall–Kier alpha value is -2.93. The highest BCUT2D eigenvalue weighted by Gasteiger charge is 2.12. The molecule has 3 rings (SSSR count). The summed E-state index contributed by atoms with van der Waals surface area (Å²) in [5.41, 5.74) is 2.72. The second kappa shape index (κ2) is 8.64. The number of thiazole rings is 1. The second-order valence-electron chi connectivity index (χ2n) is 5.85. The zero-order chi connectivity index (χ0) is 19.2. The van der Waals surface area contributed by atoms with Crippen molar-refractivity contribution >= 4 is 22.4 Å². The molecule has 1 heterocycles. The van der Waals surface area contributed by atoms with Crippen LogP contribution in [0.15, 0.2) is 47.8 Å². The van der Waals surface area contributed by atoms with Gasteiger partial charge in [-0.3, -0.25) is 4.79 Å². The van der Waals surface area contributed by atoms with Crippen LogP contribution in [-0.2, 0) is 4.79 Å². The lowest BCUT2D eigenvalue weighted by Gasteiger charge is -2.07. The van der Waals surface area contributed by atoms with E-state index in [2.05, 4.69) is 10.3 Å². The molecular formula is C20H19FN2O3S. The third-order valence-corrected chi connectivity index (χ3v) is 4.53. The Morgan fingerprint density at radius 3 is 2.89 bits per heavy atom. The second-order valence-corrected chi connectivity index (χ2v) is 6.70. The fraction of sp³-hybridized carbons (Fsp3) is 0.200. The van der Waals surface area contributed by atoms with Crippen LogP contribution in [0.4, 0.5) is 9.52 Å². The van der Waals surface area contributed by atoms with Crippen molar-refractivity contribution < 1.29 is 18.7 Å². The number of hydrogen-bond acceptors (Lipinski definition) is 5. The molecule has 0 unspecified atom stereocenters. The number of halogens is 1. The van der Waals surface area contributed by atoms with Crippen LogP contribution in [0.25, 0.3) is 11.3 Å². The lowest BCUT2D eigenvalue weighted by Crippen LogP contribution is -2.15. The number of rotatable bonds is 7. The molecule has 0 aliphatic heterocycles. The molecule has 7 heteroatoms. The van der Waals surface area contributed by atoms with Crippen molar-refractivity contribution in [3.8, 4) is 22.8 Å². The minimum Gasteiger partial charge on any atom is -0.496 e. The molecule has 1 N–H and O–H groups in total. The molecule has 2 aromatic carbocycles. The Bertz CT molecular complexity index is 942. The van der Waals surface area contributed by atoms with Crippen molar-refractivity contribution in [2.24, 2.45) is 0 Å². The van der Waals surface area contributed by atoms with Gasteiger partial charge >= 0.3 is 0 Å². The molecule has 3 aromatic rings. The summed E-state index contributed by atoms with van der Waals surface area (Å²) < 4.78 is 23.8. The molecule has 1 amide bonds. The minimum absolute atomic E-state index is 0.138. The third-order valence-electron chi connectivity index (χ3n) is 3.78. The number of benzene rings is 2. The zero-order valence-electron chi connectivity index (χ0n) is 15.0. The molecule has 27 heavy (non-hydrogen) atoms. The smallest absolute Gasteiger partial charge is 0.229 e. The summed E-state index contributed by atoms with van der Waals surface area (Å²) in [5.74, 6) is 0.528.